The highest BCUT2D eigenvalue weighted by Gasteiger charge is 2.31. The van der Waals surface area contributed by atoms with Gasteiger partial charge in [-0.25, -0.2) is 9.80 Å². The molecule has 0 saturated heterocycles. The van der Waals surface area contributed by atoms with Gasteiger partial charge >= 0.3 is 0 Å². The van der Waals surface area contributed by atoms with E-state index < -0.39 is 23.6 Å². The number of benzene rings is 2. The van der Waals surface area contributed by atoms with Crippen molar-refractivity contribution in [2.75, 3.05) is 9.80 Å². The molecule has 0 spiro atoms. The van der Waals surface area contributed by atoms with Gasteiger partial charge in [0.2, 0.25) is 0 Å². The second kappa shape index (κ2) is 7.79. The fraction of sp³-hybridized carbons (Fsp3) is 0.130. The van der Waals surface area contributed by atoms with Crippen molar-refractivity contribution < 1.29 is 23.9 Å². The molecule has 30 heavy (non-hydrogen) atoms. The van der Waals surface area contributed by atoms with Gasteiger partial charge in [0.25, 0.3) is 23.6 Å². The van der Waals surface area contributed by atoms with Crippen molar-refractivity contribution in [3.8, 4) is 11.5 Å². The summed E-state index contributed by atoms with van der Waals surface area (Å²) >= 11 is 0. The second-order valence-electron chi connectivity index (χ2n) is 6.84. The van der Waals surface area contributed by atoms with Crippen LogP contribution in [0.3, 0.4) is 0 Å². The van der Waals surface area contributed by atoms with Crippen molar-refractivity contribution in [3.05, 3.63) is 72.3 Å². The molecule has 0 unspecified atom stereocenters. The molecule has 2 aliphatic heterocycles. The molecule has 7 heteroatoms. The molecule has 0 fully saturated rings. The van der Waals surface area contributed by atoms with Crippen LogP contribution in [0.4, 0.5) is 11.4 Å². The maximum absolute atomic E-state index is 12.3. The second-order valence-corrected chi connectivity index (χ2v) is 6.84. The molecule has 0 aliphatic carbocycles. The third kappa shape index (κ3) is 3.53. The number of imide groups is 2. The van der Waals surface area contributed by atoms with Gasteiger partial charge in [-0.15, -0.1) is 0 Å². The van der Waals surface area contributed by atoms with Crippen molar-refractivity contribution in [1.82, 2.24) is 0 Å². The predicted molar refractivity (Wildman–Crippen MR) is 110 cm³/mol. The maximum atomic E-state index is 12.3. The minimum Gasteiger partial charge on any atom is -0.455 e. The normalized spacial score (nSPS) is 15.6. The van der Waals surface area contributed by atoms with Crippen molar-refractivity contribution in [3.63, 3.8) is 0 Å². The molecule has 4 amide bonds. The largest absolute Gasteiger partial charge is 0.455 e. The van der Waals surface area contributed by atoms with E-state index >= 15 is 0 Å². The molecule has 0 atom stereocenters. The Balaban J connectivity index is 1.72. The minimum absolute atomic E-state index is 0.151. The number of carbonyl (C=O) groups is 4. The molecule has 2 aromatic rings. The molecule has 7 nitrogen and oxygen atoms in total. The van der Waals surface area contributed by atoms with Gasteiger partial charge in [0.05, 0.1) is 11.4 Å². The number of hydrogen-bond donors (Lipinski definition) is 0. The van der Waals surface area contributed by atoms with Crippen LogP contribution in [0, 0.1) is 0 Å². The van der Waals surface area contributed by atoms with E-state index in [0.717, 1.165) is 46.9 Å². The average Bonchev–Trinajstić information content (AvgIpc) is 3.25. The number of nitrogens with zero attached hydrogens (tertiary/aromatic N) is 2. The minimum atomic E-state index is -0.530. The number of anilines is 2. The summed E-state index contributed by atoms with van der Waals surface area (Å²) in [5.74, 6) is -1.27. The van der Waals surface area contributed by atoms with Crippen molar-refractivity contribution in [2.24, 2.45) is 0 Å². The Kier molecular flexibility index (Phi) is 5.02. The van der Waals surface area contributed by atoms with E-state index in [1.54, 1.807) is 0 Å². The fourth-order valence-electron chi connectivity index (χ4n) is 3.34. The quantitative estimate of drug-likeness (QED) is 0.693. The van der Waals surface area contributed by atoms with Gasteiger partial charge in [0.15, 0.2) is 5.75 Å². The number of amides is 4. The highest BCUT2D eigenvalue weighted by Crippen LogP contribution is 2.38. The zero-order valence-corrected chi connectivity index (χ0v) is 16.2. The third-order valence-corrected chi connectivity index (χ3v) is 4.75. The topological polar surface area (TPSA) is 84.0 Å². The van der Waals surface area contributed by atoms with Gasteiger partial charge in [-0.3, -0.25) is 19.2 Å². The molecule has 0 radical (unpaired) electrons. The zero-order chi connectivity index (χ0) is 21.3. The highest BCUT2D eigenvalue weighted by atomic mass is 16.5. The van der Waals surface area contributed by atoms with Crippen molar-refractivity contribution in [1.29, 1.82) is 0 Å². The molecular weight excluding hydrogens is 384 g/mol. The summed E-state index contributed by atoms with van der Waals surface area (Å²) in [7, 11) is 0. The van der Waals surface area contributed by atoms with Crippen LogP contribution in [0.1, 0.15) is 18.9 Å². The Morgan fingerprint density at radius 3 is 1.87 bits per heavy atom. The fourth-order valence-corrected chi connectivity index (χ4v) is 3.34. The summed E-state index contributed by atoms with van der Waals surface area (Å²) in [6, 6.07) is 12.0. The van der Waals surface area contributed by atoms with Crippen LogP contribution in [0.25, 0.3) is 0 Å². The lowest BCUT2D eigenvalue weighted by Crippen LogP contribution is -2.32. The van der Waals surface area contributed by atoms with Gasteiger partial charge in [-0.2, -0.15) is 0 Å². The summed E-state index contributed by atoms with van der Waals surface area (Å²) < 4.78 is 5.95. The summed E-state index contributed by atoms with van der Waals surface area (Å²) in [4.78, 5) is 50.5. The maximum Gasteiger partial charge on any atom is 0.258 e. The number of rotatable bonds is 6. The number of hydrogen-bond acceptors (Lipinski definition) is 5. The first-order valence-electron chi connectivity index (χ1n) is 9.51. The molecule has 0 aromatic heterocycles. The van der Waals surface area contributed by atoms with E-state index in [4.69, 9.17) is 4.74 Å². The summed E-state index contributed by atoms with van der Waals surface area (Å²) in [6.45, 7) is 2.10. The molecule has 0 saturated carbocycles. The van der Waals surface area contributed by atoms with Crippen molar-refractivity contribution in [2.45, 2.75) is 19.8 Å². The Hall–Kier alpha value is -4.00. The number of aryl methyl sites for hydroxylation is 1. The SMILES string of the molecule is CCCc1ccc(Oc2ccc(N3C(=O)C=CC3=O)cc2N2C(=O)C=CC2=O)cc1. The number of ether oxygens (including phenoxy) is 1. The van der Waals surface area contributed by atoms with E-state index in [-0.39, 0.29) is 17.1 Å². The lowest BCUT2D eigenvalue weighted by atomic mass is 10.1. The molecule has 2 aliphatic rings. The van der Waals surface area contributed by atoms with Crippen LogP contribution < -0.4 is 14.5 Å². The zero-order valence-electron chi connectivity index (χ0n) is 16.2. The lowest BCUT2D eigenvalue weighted by Gasteiger charge is -2.21. The molecular formula is C23H18N2O5. The van der Waals surface area contributed by atoms with Gasteiger partial charge in [-0.1, -0.05) is 25.5 Å². The first-order chi connectivity index (χ1) is 14.5. The molecule has 0 N–H and O–H groups in total. The van der Waals surface area contributed by atoms with Crippen LogP contribution in [-0.4, -0.2) is 23.6 Å². The van der Waals surface area contributed by atoms with Gasteiger partial charge in [0, 0.05) is 24.3 Å². The third-order valence-electron chi connectivity index (χ3n) is 4.75. The van der Waals surface area contributed by atoms with Crippen LogP contribution in [0.2, 0.25) is 0 Å². The molecule has 0 bridgehead atoms. The van der Waals surface area contributed by atoms with Gasteiger partial charge < -0.3 is 4.74 Å². The standard InChI is InChI=1S/C23H18N2O5/c1-2-3-15-4-7-17(8-5-15)30-19-9-6-16(24-20(26)10-11-21(24)27)14-18(19)25-22(28)12-13-23(25)29/h4-14H,2-3H2,1H3. The van der Waals surface area contributed by atoms with E-state index in [0.29, 0.717) is 5.75 Å². The molecule has 2 heterocycles. The Morgan fingerprint density at radius 1 is 0.733 bits per heavy atom. The van der Waals surface area contributed by atoms with Gasteiger partial charge in [-0.05, 0) is 42.3 Å². The molecule has 150 valence electrons. The summed E-state index contributed by atoms with van der Waals surface area (Å²) in [6.07, 6.45) is 6.63. The highest BCUT2D eigenvalue weighted by molar-refractivity contribution is 6.30. The van der Waals surface area contributed by atoms with E-state index in [1.807, 2.05) is 24.3 Å². The smallest absolute Gasteiger partial charge is 0.258 e. The lowest BCUT2D eigenvalue weighted by molar-refractivity contribution is -0.121. The molecule has 2 aromatic carbocycles. The molecule has 4 rings (SSSR count). The summed E-state index contributed by atoms with van der Waals surface area (Å²) in [5, 5.41) is 0. The Morgan fingerprint density at radius 2 is 1.30 bits per heavy atom. The number of carbonyl (C=O) groups excluding carboxylic acids is 4. The van der Waals surface area contributed by atoms with Crippen LogP contribution in [0.15, 0.2) is 66.8 Å². The van der Waals surface area contributed by atoms with Gasteiger partial charge in [0.1, 0.15) is 5.75 Å². The first-order valence-corrected chi connectivity index (χ1v) is 9.51. The van der Waals surface area contributed by atoms with E-state index in [2.05, 4.69) is 6.92 Å². The average molecular weight is 402 g/mol. The predicted octanol–water partition coefficient (Wildman–Crippen LogP) is 3.29. The van der Waals surface area contributed by atoms with Crippen LogP contribution in [0.5, 0.6) is 11.5 Å². The first kappa shape index (κ1) is 19.3. The Bertz CT molecular complexity index is 1080. The summed E-state index contributed by atoms with van der Waals surface area (Å²) in [5.41, 5.74) is 1.56. The van der Waals surface area contributed by atoms with Crippen LogP contribution in [-0.2, 0) is 25.6 Å². The van der Waals surface area contributed by atoms with Crippen molar-refractivity contribution >= 4 is 35.0 Å². The van der Waals surface area contributed by atoms with Crippen LogP contribution >= 0.6 is 0 Å². The van der Waals surface area contributed by atoms with E-state index in [1.165, 1.54) is 23.8 Å². The van der Waals surface area contributed by atoms with E-state index in [9.17, 15) is 19.2 Å². The Labute approximate surface area is 172 Å². The monoisotopic (exact) mass is 402 g/mol.